The van der Waals surface area contributed by atoms with Gasteiger partial charge >= 0.3 is 0 Å². The minimum absolute atomic E-state index is 0.00568. The molecule has 198 valence electrons. The Kier molecular flexibility index (Phi) is 6.53. The summed E-state index contributed by atoms with van der Waals surface area (Å²) in [5, 5.41) is 0.627. The molecule has 1 unspecified atom stereocenters. The first-order valence-corrected chi connectivity index (χ1v) is 13.2. The quantitative estimate of drug-likeness (QED) is 0.293. The molecule has 0 saturated heterocycles. The van der Waals surface area contributed by atoms with Crippen molar-refractivity contribution in [2.75, 3.05) is 25.7 Å². The SMILES string of the molecule is COc1ccc(C(=O)N(CC(=O)N2c3ccccc3-n3cccc3C2c2ccc(Cl)cc2)C2CC2)c(OC)c1. The van der Waals surface area contributed by atoms with Gasteiger partial charge < -0.3 is 18.9 Å². The number of hydrogen-bond donors (Lipinski definition) is 0. The summed E-state index contributed by atoms with van der Waals surface area (Å²) in [5.41, 5.74) is 4.00. The Balaban J connectivity index is 1.39. The highest BCUT2D eigenvalue weighted by atomic mass is 35.5. The number of anilines is 1. The van der Waals surface area contributed by atoms with Crippen molar-refractivity contribution in [3.8, 4) is 17.2 Å². The summed E-state index contributed by atoms with van der Waals surface area (Å²) in [4.78, 5) is 31.7. The lowest BCUT2D eigenvalue weighted by Crippen LogP contribution is -2.47. The van der Waals surface area contributed by atoms with E-state index in [1.54, 1.807) is 30.2 Å². The molecular weight excluding hydrogens is 514 g/mol. The number of nitrogens with zero attached hydrogens (tertiary/aromatic N) is 3. The molecule has 7 nitrogen and oxygen atoms in total. The van der Waals surface area contributed by atoms with Crippen molar-refractivity contribution in [3.63, 3.8) is 0 Å². The first kappa shape index (κ1) is 25.1. The number of para-hydroxylation sites is 2. The van der Waals surface area contributed by atoms with Gasteiger partial charge in [0.05, 0.1) is 36.9 Å². The van der Waals surface area contributed by atoms with E-state index >= 15 is 0 Å². The van der Waals surface area contributed by atoms with Gasteiger partial charge in [-0.3, -0.25) is 14.5 Å². The molecule has 8 heteroatoms. The summed E-state index contributed by atoms with van der Waals surface area (Å²) in [6.45, 7) is -0.0577. The number of methoxy groups -OCH3 is 2. The molecule has 0 N–H and O–H groups in total. The Morgan fingerprint density at radius 2 is 1.67 bits per heavy atom. The largest absolute Gasteiger partial charge is 0.497 e. The van der Waals surface area contributed by atoms with Crippen molar-refractivity contribution >= 4 is 29.1 Å². The minimum atomic E-state index is -0.383. The van der Waals surface area contributed by atoms with Gasteiger partial charge in [-0.25, -0.2) is 0 Å². The van der Waals surface area contributed by atoms with E-state index in [0.717, 1.165) is 35.5 Å². The van der Waals surface area contributed by atoms with Crippen LogP contribution in [0.5, 0.6) is 11.5 Å². The Morgan fingerprint density at radius 1 is 0.923 bits per heavy atom. The number of ether oxygens (including phenoxy) is 2. The number of rotatable bonds is 7. The van der Waals surface area contributed by atoms with Crippen LogP contribution >= 0.6 is 11.6 Å². The minimum Gasteiger partial charge on any atom is -0.497 e. The molecule has 1 atom stereocenters. The fourth-order valence-electron chi connectivity index (χ4n) is 5.33. The molecule has 0 bridgehead atoms. The van der Waals surface area contributed by atoms with Gasteiger partial charge in [0, 0.05) is 23.3 Å². The van der Waals surface area contributed by atoms with Gasteiger partial charge in [-0.1, -0.05) is 35.9 Å². The maximum atomic E-state index is 14.3. The molecule has 2 aliphatic rings. The molecular formula is C31H28ClN3O4. The lowest BCUT2D eigenvalue weighted by atomic mass is 9.97. The van der Waals surface area contributed by atoms with E-state index < -0.39 is 0 Å². The number of fused-ring (bicyclic) bond motifs is 3. The van der Waals surface area contributed by atoms with Crippen molar-refractivity contribution in [2.24, 2.45) is 0 Å². The molecule has 1 aromatic heterocycles. The van der Waals surface area contributed by atoms with Crippen LogP contribution in [0.2, 0.25) is 5.02 Å². The van der Waals surface area contributed by atoms with Crippen LogP contribution in [-0.2, 0) is 4.79 Å². The summed E-state index contributed by atoms with van der Waals surface area (Å²) >= 11 is 6.21. The zero-order valence-electron chi connectivity index (χ0n) is 21.7. The molecule has 1 aliphatic carbocycles. The molecule has 1 fully saturated rings. The van der Waals surface area contributed by atoms with Crippen molar-refractivity contribution in [3.05, 3.63) is 107 Å². The number of carbonyl (C=O) groups is 2. The molecule has 1 aliphatic heterocycles. The van der Waals surface area contributed by atoms with E-state index in [0.29, 0.717) is 22.1 Å². The van der Waals surface area contributed by atoms with Gasteiger partial charge in [0.15, 0.2) is 0 Å². The lowest BCUT2D eigenvalue weighted by Gasteiger charge is -2.39. The van der Waals surface area contributed by atoms with Gasteiger partial charge in [-0.2, -0.15) is 0 Å². The normalized spacial score (nSPS) is 15.8. The van der Waals surface area contributed by atoms with Crippen LogP contribution in [0, 0.1) is 0 Å². The summed E-state index contributed by atoms with van der Waals surface area (Å²) in [6.07, 6.45) is 3.73. The Morgan fingerprint density at radius 3 is 2.36 bits per heavy atom. The summed E-state index contributed by atoms with van der Waals surface area (Å²) < 4.78 is 12.9. The molecule has 6 rings (SSSR count). The second-order valence-electron chi connectivity index (χ2n) is 9.74. The topological polar surface area (TPSA) is 64.0 Å². The maximum Gasteiger partial charge on any atom is 0.258 e. The number of carbonyl (C=O) groups excluding carboxylic acids is 2. The molecule has 3 aromatic carbocycles. The molecule has 0 radical (unpaired) electrons. The highest BCUT2D eigenvalue weighted by molar-refractivity contribution is 6.30. The molecule has 39 heavy (non-hydrogen) atoms. The summed E-state index contributed by atoms with van der Waals surface area (Å²) in [7, 11) is 3.09. The monoisotopic (exact) mass is 541 g/mol. The van der Waals surface area contributed by atoms with Crippen molar-refractivity contribution in [2.45, 2.75) is 24.9 Å². The predicted molar refractivity (Wildman–Crippen MR) is 150 cm³/mol. The van der Waals surface area contributed by atoms with Crippen LogP contribution < -0.4 is 14.4 Å². The van der Waals surface area contributed by atoms with E-state index in [2.05, 4.69) is 4.57 Å². The molecule has 2 amide bonds. The summed E-state index contributed by atoms with van der Waals surface area (Å²) in [6, 6.07) is 24.2. The average Bonchev–Trinajstić information content (AvgIpc) is 3.69. The number of aromatic nitrogens is 1. The maximum absolute atomic E-state index is 14.3. The number of amides is 2. The first-order chi connectivity index (χ1) is 19.0. The fourth-order valence-corrected chi connectivity index (χ4v) is 5.45. The third kappa shape index (κ3) is 4.53. The lowest BCUT2D eigenvalue weighted by molar-refractivity contribution is -0.119. The van der Waals surface area contributed by atoms with Gasteiger partial charge in [-0.15, -0.1) is 0 Å². The van der Waals surface area contributed by atoms with E-state index in [9.17, 15) is 9.59 Å². The number of benzene rings is 3. The van der Waals surface area contributed by atoms with Crippen molar-refractivity contribution in [1.29, 1.82) is 0 Å². The Hall–Kier alpha value is -4.23. The van der Waals surface area contributed by atoms with Crippen molar-refractivity contribution in [1.82, 2.24) is 9.47 Å². The molecule has 1 saturated carbocycles. The Bertz CT molecular complexity index is 1540. The standard InChI is InChI=1S/C31H28ClN3O4/c1-38-23-15-16-24(28(18-23)39-2)31(37)34(22-13-14-22)19-29(36)35-26-7-4-3-6-25(26)33-17-5-8-27(33)30(35)20-9-11-21(32)12-10-20/h3-12,15-18,22,30H,13-14,19H2,1-2H3. The third-order valence-electron chi connectivity index (χ3n) is 7.37. The van der Waals surface area contributed by atoms with Crippen LogP contribution in [0.3, 0.4) is 0 Å². The third-order valence-corrected chi connectivity index (χ3v) is 7.62. The molecule has 2 heterocycles. The second kappa shape index (κ2) is 10.2. The van der Waals surface area contributed by atoms with Crippen LogP contribution in [0.4, 0.5) is 5.69 Å². The summed E-state index contributed by atoms with van der Waals surface area (Å²) in [5.74, 6) is 0.610. The van der Waals surface area contributed by atoms with E-state index in [4.69, 9.17) is 21.1 Å². The number of hydrogen-bond acceptors (Lipinski definition) is 4. The number of halogens is 1. The van der Waals surface area contributed by atoms with Crippen molar-refractivity contribution < 1.29 is 19.1 Å². The van der Waals surface area contributed by atoms with Gasteiger partial charge in [-0.05, 0) is 66.9 Å². The highest BCUT2D eigenvalue weighted by Crippen LogP contribution is 2.43. The van der Waals surface area contributed by atoms with E-state index in [1.807, 2.05) is 71.8 Å². The molecule has 0 spiro atoms. The van der Waals surface area contributed by atoms with Crippen LogP contribution in [-0.4, -0.2) is 48.1 Å². The zero-order chi connectivity index (χ0) is 27.1. The van der Waals surface area contributed by atoms with Crippen LogP contribution in [0.25, 0.3) is 5.69 Å². The van der Waals surface area contributed by atoms with E-state index in [1.165, 1.54) is 7.11 Å². The fraction of sp³-hybridized carbons (Fsp3) is 0.226. The van der Waals surface area contributed by atoms with Gasteiger partial charge in [0.25, 0.3) is 5.91 Å². The van der Waals surface area contributed by atoms with E-state index in [-0.39, 0.29) is 30.4 Å². The second-order valence-corrected chi connectivity index (χ2v) is 10.2. The Labute approximate surface area is 232 Å². The van der Waals surface area contributed by atoms with Gasteiger partial charge in [0.2, 0.25) is 5.91 Å². The highest BCUT2D eigenvalue weighted by Gasteiger charge is 2.40. The van der Waals surface area contributed by atoms with Crippen LogP contribution in [0.15, 0.2) is 85.1 Å². The van der Waals surface area contributed by atoms with Crippen LogP contribution in [0.1, 0.15) is 40.5 Å². The smallest absolute Gasteiger partial charge is 0.258 e. The average molecular weight is 542 g/mol. The van der Waals surface area contributed by atoms with Gasteiger partial charge in [0.1, 0.15) is 24.1 Å². The molecule has 4 aromatic rings. The first-order valence-electron chi connectivity index (χ1n) is 12.9. The predicted octanol–water partition coefficient (Wildman–Crippen LogP) is 5.89. The zero-order valence-corrected chi connectivity index (χ0v) is 22.5.